The van der Waals surface area contributed by atoms with Gasteiger partial charge in [-0.2, -0.15) is 0 Å². The molecule has 0 aromatic heterocycles. The normalized spacial score (nSPS) is 32.4. The fourth-order valence-corrected chi connectivity index (χ4v) is 4.68. The highest BCUT2D eigenvalue weighted by Crippen LogP contribution is 2.35. The molecule has 2 N–H and O–H groups in total. The predicted molar refractivity (Wildman–Crippen MR) is 137 cm³/mol. The van der Waals surface area contributed by atoms with Gasteiger partial charge in [-0.15, -0.1) is 0 Å². The molecular formula is C26H38O18. The summed E-state index contributed by atoms with van der Waals surface area (Å²) in [4.78, 5) is 72.2. The maximum atomic E-state index is 12.2. The van der Waals surface area contributed by atoms with Crippen molar-refractivity contribution in [2.24, 2.45) is 0 Å². The second-order valence-electron chi connectivity index (χ2n) is 9.77. The van der Waals surface area contributed by atoms with Crippen LogP contribution in [0.5, 0.6) is 0 Å². The van der Waals surface area contributed by atoms with Gasteiger partial charge in [0.15, 0.2) is 43.1 Å². The fraction of sp³-hybridized carbons (Fsp3) is 0.769. The summed E-state index contributed by atoms with van der Waals surface area (Å²) in [6.07, 6.45) is -17.7. The van der Waals surface area contributed by atoms with Crippen molar-refractivity contribution in [3.8, 4) is 0 Å². The van der Waals surface area contributed by atoms with Crippen LogP contribution in [0.15, 0.2) is 0 Å². The van der Waals surface area contributed by atoms with Crippen molar-refractivity contribution in [2.45, 2.75) is 109 Å². The van der Waals surface area contributed by atoms with Gasteiger partial charge in [-0.05, 0) is 0 Å². The molecule has 0 bridgehead atoms. The quantitative estimate of drug-likeness (QED) is 0.174. The smallest absolute Gasteiger partial charge is 0.303 e. The number of aliphatic hydroxyl groups is 2. The first-order chi connectivity index (χ1) is 20.6. The van der Waals surface area contributed by atoms with Gasteiger partial charge in [-0.1, -0.05) is 0 Å². The van der Waals surface area contributed by atoms with Gasteiger partial charge in [-0.25, -0.2) is 0 Å². The minimum absolute atomic E-state index is 0.636. The molecule has 2 aliphatic heterocycles. The van der Waals surface area contributed by atoms with Crippen LogP contribution in [0.3, 0.4) is 0 Å². The van der Waals surface area contributed by atoms with E-state index in [0.717, 1.165) is 41.5 Å². The van der Waals surface area contributed by atoms with Crippen LogP contribution in [-0.2, 0) is 76.1 Å². The lowest BCUT2D eigenvalue weighted by atomic mass is 9.93. The van der Waals surface area contributed by atoms with Gasteiger partial charge >= 0.3 is 35.8 Å². The number of methoxy groups -OCH3 is 1. The number of aliphatic hydroxyl groups excluding tert-OH is 2. The molecule has 44 heavy (non-hydrogen) atoms. The summed E-state index contributed by atoms with van der Waals surface area (Å²) >= 11 is 0. The van der Waals surface area contributed by atoms with E-state index >= 15 is 0 Å². The van der Waals surface area contributed by atoms with E-state index in [1.54, 1.807) is 0 Å². The lowest BCUT2D eigenvalue weighted by Gasteiger charge is -2.49. The van der Waals surface area contributed by atoms with Crippen LogP contribution in [0.1, 0.15) is 41.5 Å². The fourth-order valence-electron chi connectivity index (χ4n) is 4.68. The predicted octanol–water partition coefficient (Wildman–Crippen LogP) is -1.96. The van der Waals surface area contributed by atoms with Crippen molar-refractivity contribution in [3.63, 3.8) is 0 Å². The van der Waals surface area contributed by atoms with Crippen LogP contribution >= 0.6 is 0 Å². The van der Waals surface area contributed by atoms with Crippen LogP contribution in [-0.4, -0.2) is 134 Å². The molecule has 2 aliphatic rings. The van der Waals surface area contributed by atoms with Gasteiger partial charge in [0.25, 0.3) is 0 Å². The molecule has 18 nitrogen and oxygen atoms in total. The molecule has 250 valence electrons. The number of esters is 6. The molecule has 0 radical (unpaired) electrons. The zero-order chi connectivity index (χ0) is 33.3. The zero-order valence-corrected chi connectivity index (χ0v) is 25.2. The van der Waals surface area contributed by atoms with E-state index in [4.69, 9.17) is 47.4 Å². The molecule has 2 saturated heterocycles. The number of carbonyl (C=O) groups excluding carboxylic acids is 6. The van der Waals surface area contributed by atoms with Crippen molar-refractivity contribution in [3.05, 3.63) is 0 Å². The average molecular weight is 639 g/mol. The summed E-state index contributed by atoms with van der Waals surface area (Å²) in [6.45, 7) is 4.82. The molecule has 2 heterocycles. The van der Waals surface area contributed by atoms with Crippen molar-refractivity contribution >= 4 is 35.8 Å². The third-order valence-electron chi connectivity index (χ3n) is 6.20. The van der Waals surface area contributed by atoms with Crippen molar-refractivity contribution in [2.75, 3.05) is 20.3 Å². The topological polar surface area (TPSA) is 235 Å². The number of ether oxygens (including phenoxy) is 10. The molecule has 2 fully saturated rings. The highest BCUT2D eigenvalue weighted by atomic mass is 16.8. The van der Waals surface area contributed by atoms with Crippen LogP contribution in [0, 0.1) is 0 Å². The first-order valence-electron chi connectivity index (χ1n) is 13.4. The van der Waals surface area contributed by atoms with E-state index in [1.165, 1.54) is 7.11 Å². The van der Waals surface area contributed by atoms with Crippen LogP contribution in [0.25, 0.3) is 0 Å². The molecule has 0 aliphatic carbocycles. The highest BCUT2D eigenvalue weighted by molar-refractivity contribution is 5.69. The Balaban J connectivity index is 2.71. The van der Waals surface area contributed by atoms with E-state index in [1.807, 2.05) is 0 Å². The Morgan fingerprint density at radius 2 is 1.16 bits per heavy atom. The molecule has 0 spiro atoms. The van der Waals surface area contributed by atoms with Gasteiger partial charge < -0.3 is 57.6 Å². The summed E-state index contributed by atoms with van der Waals surface area (Å²) in [6, 6.07) is 0. The monoisotopic (exact) mass is 638 g/mol. The van der Waals surface area contributed by atoms with Crippen molar-refractivity contribution in [1.82, 2.24) is 0 Å². The van der Waals surface area contributed by atoms with E-state index in [-0.39, 0.29) is 0 Å². The van der Waals surface area contributed by atoms with E-state index in [2.05, 4.69) is 0 Å². The van der Waals surface area contributed by atoms with Gasteiger partial charge in [0.1, 0.15) is 31.0 Å². The zero-order valence-electron chi connectivity index (χ0n) is 25.2. The van der Waals surface area contributed by atoms with Crippen LogP contribution in [0.4, 0.5) is 0 Å². The maximum absolute atomic E-state index is 12.2. The summed E-state index contributed by atoms with van der Waals surface area (Å²) in [5.74, 6) is -5.28. The Hall–Kier alpha value is -3.42. The number of carbonyl (C=O) groups is 6. The molecule has 11 atom stereocenters. The Morgan fingerprint density at radius 1 is 0.659 bits per heavy atom. The van der Waals surface area contributed by atoms with E-state index in [0.29, 0.717) is 0 Å². The first kappa shape index (κ1) is 36.8. The maximum Gasteiger partial charge on any atom is 0.303 e. The van der Waals surface area contributed by atoms with Crippen molar-refractivity contribution < 1.29 is 86.3 Å². The van der Waals surface area contributed by atoms with Crippen molar-refractivity contribution in [1.29, 1.82) is 0 Å². The standard InChI is InChI=1S/C26H38O18/c1-10(28)36-9-17(37-11(2)29)19-21(38-12(3)30)22(39-13(4)31)24(41-15(6)33)26(43-19)44-20-18(34)16(8-27)42-25(35-7)23(20)40-14(5)32/h16-27,34H,8-9H2,1-7H3/t16-,17+,18-,19-,20+,21-,22+,23+,24+,25+,26-/m1/s1. The number of rotatable bonds is 12. The minimum Gasteiger partial charge on any atom is -0.462 e. The van der Waals surface area contributed by atoms with Gasteiger partial charge in [0, 0.05) is 48.7 Å². The third-order valence-corrected chi connectivity index (χ3v) is 6.20. The molecule has 0 aromatic rings. The largest absolute Gasteiger partial charge is 0.462 e. The Kier molecular flexibility index (Phi) is 13.9. The highest BCUT2D eigenvalue weighted by Gasteiger charge is 2.58. The number of hydrogen-bond donors (Lipinski definition) is 2. The first-order valence-corrected chi connectivity index (χ1v) is 13.4. The summed E-state index contributed by atoms with van der Waals surface area (Å²) in [5, 5.41) is 20.8. The minimum atomic E-state index is -1.86. The molecule has 0 aromatic carbocycles. The summed E-state index contributed by atoms with van der Waals surface area (Å²) < 4.78 is 54.5. The third kappa shape index (κ3) is 10.1. The van der Waals surface area contributed by atoms with Gasteiger partial charge in [0.2, 0.25) is 0 Å². The van der Waals surface area contributed by atoms with Gasteiger partial charge in [0.05, 0.1) is 6.61 Å². The van der Waals surface area contributed by atoms with E-state index < -0.39 is 117 Å². The molecule has 2 rings (SSSR count). The Bertz CT molecular complexity index is 1050. The van der Waals surface area contributed by atoms with Gasteiger partial charge in [-0.3, -0.25) is 28.8 Å². The second-order valence-corrected chi connectivity index (χ2v) is 9.77. The SMILES string of the molecule is CO[C@H]1O[C@H](CO)[C@@H](O)[C@H](O[C@H]2O[C@H]([C@H](COC(C)=O)OC(C)=O)[C@@H](OC(C)=O)[C@H](OC(C)=O)[C@@H]2OC(C)=O)[C@@H]1OC(C)=O. The Morgan fingerprint density at radius 3 is 1.61 bits per heavy atom. The lowest BCUT2D eigenvalue weighted by molar-refractivity contribution is -0.363. The molecule has 0 saturated carbocycles. The second kappa shape index (κ2) is 16.6. The molecule has 0 amide bonds. The van der Waals surface area contributed by atoms with E-state index in [9.17, 15) is 39.0 Å². The summed E-state index contributed by atoms with van der Waals surface area (Å²) in [5.41, 5.74) is 0. The molecule has 18 heteroatoms. The van der Waals surface area contributed by atoms with Crippen LogP contribution < -0.4 is 0 Å². The average Bonchev–Trinajstić information content (AvgIpc) is 2.90. The molecule has 0 unspecified atom stereocenters. The lowest BCUT2D eigenvalue weighted by Crippen LogP contribution is -2.68. The Labute approximate surface area is 252 Å². The molecular weight excluding hydrogens is 600 g/mol. The van der Waals surface area contributed by atoms with Crippen LogP contribution in [0.2, 0.25) is 0 Å². The number of hydrogen-bond acceptors (Lipinski definition) is 18. The summed E-state index contributed by atoms with van der Waals surface area (Å²) in [7, 11) is 1.19.